The van der Waals surface area contributed by atoms with Gasteiger partial charge in [-0.15, -0.1) is 6.07 Å². The summed E-state index contributed by atoms with van der Waals surface area (Å²) in [6.07, 6.45) is 3.36. The zero-order chi connectivity index (χ0) is 16.8. The van der Waals surface area contributed by atoms with Crippen LogP contribution in [0.25, 0.3) is 22.5 Å². The molecule has 0 saturated heterocycles. The Bertz CT molecular complexity index is 798. The van der Waals surface area contributed by atoms with E-state index in [4.69, 9.17) is 0 Å². The van der Waals surface area contributed by atoms with Gasteiger partial charge in [0.1, 0.15) is 7.05 Å². The van der Waals surface area contributed by atoms with Crippen molar-refractivity contribution in [1.82, 2.24) is 4.98 Å². The minimum atomic E-state index is -0.673. The van der Waals surface area contributed by atoms with E-state index in [0.29, 0.717) is 11.4 Å². The fourth-order valence-electron chi connectivity index (χ4n) is 2.17. The summed E-state index contributed by atoms with van der Waals surface area (Å²) in [6.45, 7) is 0. The van der Waals surface area contributed by atoms with E-state index in [-0.39, 0.29) is 11.1 Å². The molecule has 0 radical (unpaired) electrons. The first kappa shape index (κ1) is 17.7. The molecule has 0 saturated carbocycles. The number of benzene rings is 1. The molecule has 0 N–H and O–H groups in total. The normalized spacial score (nSPS) is 10.0. The van der Waals surface area contributed by atoms with Crippen LogP contribution in [0.15, 0.2) is 54.9 Å². The van der Waals surface area contributed by atoms with Gasteiger partial charge >= 0.3 is 28.2 Å². The van der Waals surface area contributed by atoms with E-state index in [2.05, 4.69) is 20.5 Å². The van der Waals surface area contributed by atoms with Crippen molar-refractivity contribution in [3.63, 3.8) is 0 Å². The van der Waals surface area contributed by atoms with Crippen LogP contribution in [0.2, 0.25) is 0 Å². The summed E-state index contributed by atoms with van der Waals surface area (Å²) in [5.41, 5.74) is 1.43. The standard InChI is InChI=1S/C17H12F2N2.ClH.Pt/c1-21-9-5-3-7-17(21)13-10-12(14(18)11-15(13)19)16-6-2-4-8-20-16;;/h2-9,11H,1H3;1H;/q;;+2/p-1. The summed E-state index contributed by atoms with van der Waals surface area (Å²) < 4.78 is 29.9. The fraction of sp³-hybridized carbons (Fsp3) is 0.0588. The van der Waals surface area contributed by atoms with Gasteiger partial charge < -0.3 is 0 Å². The van der Waals surface area contributed by atoms with Crippen molar-refractivity contribution in [2.24, 2.45) is 7.05 Å². The molecule has 3 rings (SSSR count). The zero-order valence-corrected chi connectivity index (χ0v) is 15.1. The van der Waals surface area contributed by atoms with E-state index in [1.807, 2.05) is 6.07 Å². The van der Waals surface area contributed by atoms with Crippen molar-refractivity contribution in [1.29, 1.82) is 0 Å². The maximum atomic E-state index is 14.1. The van der Waals surface area contributed by atoms with Crippen molar-refractivity contribution in [3.05, 3.63) is 72.6 Å². The Morgan fingerprint density at radius 3 is 2.39 bits per heavy atom. The van der Waals surface area contributed by atoms with Crippen molar-refractivity contribution in [2.75, 3.05) is 0 Å². The molecule has 2 nitrogen and oxygen atoms in total. The Hall–Kier alpha value is -1.64. The quantitative estimate of drug-likeness (QED) is 0.375. The molecule has 0 spiro atoms. The van der Waals surface area contributed by atoms with E-state index in [1.165, 1.54) is 0 Å². The second-order valence-corrected chi connectivity index (χ2v) is 4.63. The Morgan fingerprint density at radius 2 is 1.74 bits per heavy atom. The molecule has 0 aliphatic rings. The van der Waals surface area contributed by atoms with Crippen molar-refractivity contribution >= 4 is 9.42 Å². The van der Waals surface area contributed by atoms with Crippen molar-refractivity contribution in [2.45, 2.75) is 0 Å². The van der Waals surface area contributed by atoms with Gasteiger partial charge in [0.05, 0.1) is 11.6 Å². The van der Waals surface area contributed by atoms with Crippen LogP contribution in [0.4, 0.5) is 8.78 Å². The molecule has 0 aliphatic carbocycles. The molecule has 2 aromatic heterocycles. The predicted molar refractivity (Wildman–Crippen MR) is 80.9 cm³/mol. The van der Waals surface area contributed by atoms with Gasteiger partial charge in [0, 0.05) is 18.0 Å². The zero-order valence-electron chi connectivity index (χ0n) is 12.0. The third-order valence-electron chi connectivity index (χ3n) is 3.21. The number of halogens is 3. The molecule has 2 heterocycles. The average molecular weight is 513 g/mol. The topological polar surface area (TPSA) is 16.8 Å². The van der Waals surface area contributed by atoms with E-state index < -0.39 is 11.6 Å². The SMILES string of the molecule is C[n+]1ccccc1-c1[c-]c(-c2ccccn2)c(F)cc1F.[Cl][Pt+]. The monoisotopic (exact) mass is 512 g/mol. The first-order valence-corrected chi connectivity index (χ1v) is 9.38. The fourth-order valence-corrected chi connectivity index (χ4v) is 2.17. The Balaban J connectivity index is 0.000000924. The predicted octanol–water partition coefficient (Wildman–Crippen LogP) is 4.01. The maximum absolute atomic E-state index is 14.1. The molecule has 0 atom stereocenters. The first-order valence-electron chi connectivity index (χ1n) is 6.56. The number of pyridine rings is 2. The third kappa shape index (κ3) is 4.01. The third-order valence-corrected chi connectivity index (χ3v) is 3.21. The number of aryl methyl sites for hydroxylation is 1. The molecular weight excluding hydrogens is 501 g/mol. The van der Waals surface area contributed by atoms with Crippen LogP contribution in [0.5, 0.6) is 0 Å². The number of hydrogen-bond acceptors (Lipinski definition) is 1. The molecular formula is C17H12ClF2N2Pt+. The number of aromatic nitrogens is 2. The van der Waals surface area contributed by atoms with Crippen LogP contribution in [-0.4, -0.2) is 4.98 Å². The van der Waals surface area contributed by atoms with Crippen LogP contribution in [0.3, 0.4) is 0 Å². The van der Waals surface area contributed by atoms with Gasteiger partial charge in [0.2, 0.25) is 0 Å². The molecule has 120 valence electrons. The Kier molecular flexibility index (Phi) is 6.37. The summed E-state index contributed by atoms with van der Waals surface area (Å²) >= 11 is 1.61. The second kappa shape index (κ2) is 8.28. The minimum absolute atomic E-state index is 0.163. The number of nitrogens with zero attached hydrogens (tertiary/aromatic N) is 2. The van der Waals surface area contributed by atoms with Gasteiger partial charge in [-0.25, -0.2) is 4.57 Å². The molecule has 0 unspecified atom stereocenters. The molecule has 6 heteroatoms. The van der Waals surface area contributed by atoms with Gasteiger partial charge in [-0.2, -0.15) is 0 Å². The summed E-state index contributed by atoms with van der Waals surface area (Å²) in [4.78, 5) is 4.10. The summed E-state index contributed by atoms with van der Waals surface area (Å²) in [5.74, 6) is -1.32. The molecule has 0 aliphatic heterocycles. The van der Waals surface area contributed by atoms with Gasteiger partial charge in [-0.05, 0) is 17.7 Å². The van der Waals surface area contributed by atoms with Crippen LogP contribution in [0.1, 0.15) is 0 Å². The Morgan fingerprint density at radius 1 is 1.04 bits per heavy atom. The van der Waals surface area contributed by atoms with Crippen LogP contribution in [-0.2, 0) is 25.8 Å². The van der Waals surface area contributed by atoms with E-state index in [0.717, 1.165) is 6.07 Å². The van der Waals surface area contributed by atoms with Crippen molar-refractivity contribution in [3.8, 4) is 22.5 Å². The molecule has 0 fully saturated rings. The van der Waals surface area contributed by atoms with Gasteiger partial charge in [0.15, 0.2) is 11.9 Å². The van der Waals surface area contributed by atoms with Crippen LogP contribution >= 0.6 is 9.42 Å². The number of hydrogen-bond donors (Lipinski definition) is 0. The van der Waals surface area contributed by atoms with Crippen LogP contribution in [0, 0.1) is 17.7 Å². The van der Waals surface area contributed by atoms with Gasteiger partial charge in [-0.1, -0.05) is 29.8 Å². The molecule has 1 aromatic carbocycles. The van der Waals surface area contributed by atoms with E-state index >= 15 is 0 Å². The van der Waals surface area contributed by atoms with Crippen molar-refractivity contribution < 1.29 is 32.1 Å². The summed E-state index contributed by atoms with van der Waals surface area (Å²) in [5, 5.41) is 0. The van der Waals surface area contributed by atoms with E-state index in [1.54, 1.807) is 73.1 Å². The Labute approximate surface area is 148 Å². The summed E-state index contributed by atoms with van der Waals surface area (Å²) in [6, 6.07) is 14.3. The first-order chi connectivity index (χ1) is 11.2. The number of rotatable bonds is 2. The van der Waals surface area contributed by atoms with Crippen LogP contribution < -0.4 is 4.57 Å². The van der Waals surface area contributed by atoms with Gasteiger partial charge in [-0.3, -0.25) is 13.8 Å². The second-order valence-electron chi connectivity index (χ2n) is 4.63. The van der Waals surface area contributed by atoms with E-state index in [9.17, 15) is 8.78 Å². The van der Waals surface area contributed by atoms with Gasteiger partial charge in [0.25, 0.3) is 0 Å². The molecule has 23 heavy (non-hydrogen) atoms. The molecule has 0 amide bonds. The average Bonchev–Trinajstić information content (AvgIpc) is 2.59. The molecule has 3 aromatic rings. The molecule has 0 bridgehead atoms. The summed E-state index contributed by atoms with van der Waals surface area (Å²) in [7, 11) is 6.41.